The molecule has 0 bridgehead atoms. The molecule has 0 radical (unpaired) electrons. The highest BCUT2D eigenvalue weighted by atomic mass is 16.5. The molecular formula is C17H21N3O4. The van der Waals surface area contributed by atoms with Crippen molar-refractivity contribution in [3.05, 3.63) is 29.8 Å². The van der Waals surface area contributed by atoms with E-state index in [9.17, 15) is 14.4 Å². The van der Waals surface area contributed by atoms with Crippen molar-refractivity contribution in [2.24, 2.45) is 5.92 Å². The van der Waals surface area contributed by atoms with E-state index >= 15 is 0 Å². The monoisotopic (exact) mass is 331 g/mol. The van der Waals surface area contributed by atoms with E-state index in [1.165, 1.54) is 4.90 Å². The number of methoxy groups -OCH3 is 1. The number of carbonyl (C=O) groups is 3. The number of carbonyl (C=O) groups excluding carboxylic acids is 3. The first-order chi connectivity index (χ1) is 11.6. The molecule has 2 saturated heterocycles. The van der Waals surface area contributed by atoms with Gasteiger partial charge in [0.25, 0.3) is 0 Å². The molecule has 0 aliphatic carbocycles. The lowest BCUT2D eigenvalue weighted by Crippen LogP contribution is -2.56. The molecule has 7 nitrogen and oxygen atoms in total. The number of urea groups is 1. The zero-order valence-electron chi connectivity index (χ0n) is 13.7. The minimum absolute atomic E-state index is 0.0950. The highest BCUT2D eigenvalue weighted by Gasteiger charge is 2.36. The van der Waals surface area contributed by atoms with Crippen LogP contribution in [0.5, 0.6) is 5.75 Å². The molecule has 0 saturated carbocycles. The molecule has 0 aromatic heterocycles. The minimum Gasteiger partial charge on any atom is -0.497 e. The highest BCUT2D eigenvalue weighted by molar-refractivity contribution is 6.01. The van der Waals surface area contributed by atoms with Crippen LogP contribution in [0.15, 0.2) is 24.3 Å². The van der Waals surface area contributed by atoms with Crippen LogP contribution in [0, 0.1) is 5.92 Å². The quantitative estimate of drug-likeness (QED) is 0.816. The fourth-order valence-electron chi connectivity index (χ4n) is 2.97. The van der Waals surface area contributed by atoms with Crippen LogP contribution in [0.4, 0.5) is 4.79 Å². The molecule has 1 N–H and O–H groups in total. The van der Waals surface area contributed by atoms with Crippen LogP contribution >= 0.6 is 0 Å². The molecular weight excluding hydrogens is 310 g/mol. The molecule has 2 aliphatic rings. The number of nitrogens with zero attached hydrogens (tertiary/aromatic N) is 2. The van der Waals surface area contributed by atoms with Crippen molar-refractivity contribution in [1.29, 1.82) is 0 Å². The van der Waals surface area contributed by atoms with Crippen LogP contribution in [0.2, 0.25) is 0 Å². The van der Waals surface area contributed by atoms with Gasteiger partial charge in [-0.25, -0.2) is 4.79 Å². The smallest absolute Gasteiger partial charge is 0.317 e. The molecule has 7 heteroatoms. The van der Waals surface area contributed by atoms with Gasteiger partial charge in [-0.1, -0.05) is 12.1 Å². The Bertz CT molecular complexity index is 622. The van der Waals surface area contributed by atoms with Crippen LogP contribution < -0.4 is 10.1 Å². The van der Waals surface area contributed by atoms with Gasteiger partial charge < -0.3 is 15.0 Å². The number of nitrogens with one attached hydrogen (secondary N) is 1. The number of likely N-dealkylation sites (tertiary alicyclic amines) is 2. The summed E-state index contributed by atoms with van der Waals surface area (Å²) in [5.74, 6) is 0.772. The third kappa shape index (κ3) is 3.50. The summed E-state index contributed by atoms with van der Waals surface area (Å²) in [4.78, 5) is 38.3. The normalized spacial score (nSPS) is 17.9. The molecule has 24 heavy (non-hydrogen) atoms. The maximum absolute atomic E-state index is 12.1. The number of ether oxygens (including phenoxy) is 1. The number of amides is 4. The summed E-state index contributed by atoms with van der Waals surface area (Å²) in [5, 5.41) is 2.87. The zero-order valence-corrected chi connectivity index (χ0v) is 13.7. The van der Waals surface area contributed by atoms with Crippen LogP contribution in [-0.2, 0) is 16.1 Å². The molecule has 0 unspecified atom stereocenters. The minimum atomic E-state index is -0.124. The van der Waals surface area contributed by atoms with Crippen LogP contribution in [0.3, 0.4) is 0 Å². The molecule has 2 aliphatic heterocycles. The average Bonchev–Trinajstić information content (AvgIpc) is 2.87. The molecule has 3 rings (SSSR count). The first kappa shape index (κ1) is 16.3. The van der Waals surface area contributed by atoms with Gasteiger partial charge in [0.05, 0.1) is 7.11 Å². The average molecular weight is 331 g/mol. The highest BCUT2D eigenvalue weighted by Crippen LogP contribution is 2.21. The Hall–Kier alpha value is -2.57. The van der Waals surface area contributed by atoms with E-state index in [1.54, 1.807) is 12.0 Å². The maximum atomic E-state index is 12.1. The van der Waals surface area contributed by atoms with Crippen molar-refractivity contribution in [3.63, 3.8) is 0 Å². The summed E-state index contributed by atoms with van der Waals surface area (Å²) < 4.78 is 5.09. The summed E-state index contributed by atoms with van der Waals surface area (Å²) >= 11 is 0. The van der Waals surface area contributed by atoms with Gasteiger partial charge in [0.15, 0.2) is 0 Å². The van der Waals surface area contributed by atoms with Gasteiger partial charge in [-0.3, -0.25) is 14.5 Å². The van der Waals surface area contributed by atoms with E-state index in [0.717, 1.165) is 11.3 Å². The third-order valence-corrected chi connectivity index (χ3v) is 4.44. The third-order valence-electron chi connectivity index (χ3n) is 4.44. The molecule has 2 heterocycles. The van der Waals surface area contributed by atoms with E-state index < -0.39 is 0 Å². The van der Waals surface area contributed by atoms with Crippen molar-refractivity contribution in [2.45, 2.75) is 19.4 Å². The first-order valence-electron chi connectivity index (χ1n) is 8.05. The lowest BCUT2D eigenvalue weighted by Gasteiger charge is -2.40. The van der Waals surface area contributed by atoms with Gasteiger partial charge >= 0.3 is 6.03 Å². The summed E-state index contributed by atoms with van der Waals surface area (Å²) in [7, 11) is 1.61. The molecule has 1 aromatic rings. The maximum Gasteiger partial charge on any atom is 0.317 e. The predicted molar refractivity (Wildman–Crippen MR) is 86.2 cm³/mol. The van der Waals surface area contributed by atoms with Gasteiger partial charge in [-0.2, -0.15) is 0 Å². The lowest BCUT2D eigenvalue weighted by molar-refractivity contribution is -0.139. The van der Waals surface area contributed by atoms with E-state index in [-0.39, 0.29) is 23.8 Å². The van der Waals surface area contributed by atoms with Gasteiger partial charge in [0, 0.05) is 44.9 Å². The summed E-state index contributed by atoms with van der Waals surface area (Å²) in [6.07, 6.45) is 0.634. The van der Waals surface area contributed by atoms with E-state index in [4.69, 9.17) is 4.74 Å². The second-order valence-corrected chi connectivity index (χ2v) is 6.18. The Labute approximate surface area is 140 Å². The molecule has 128 valence electrons. The van der Waals surface area contributed by atoms with Crippen molar-refractivity contribution in [1.82, 2.24) is 15.1 Å². The molecule has 0 spiro atoms. The zero-order chi connectivity index (χ0) is 17.1. The standard InChI is InChI=1S/C17H21N3O4/c1-24-14-4-2-12(3-5-14)8-18-17(23)19-9-13(10-19)11-20-15(21)6-7-16(20)22/h2-5,13H,6-11H2,1H3,(H,18,23). The van der Waals surface area contributed by atoms with Gasteiger partial charge in [0.1, 0.15) is 5.75 Å². The Morgan fingerprint density at radius 2 is 1.79 bits per heavy atom. The lowest BCUT2D eigenvalue weighted by atomic mass is 10.00. The SMILES string of the molecule is COc1ccc(CNC(=O)N2CC(CN3C(=O)CCC3=O)C2)cc1. The Balaban J connectivity index is 1.40. The Morgan fingerprint density at radius 3 is 2.38 bits per heavy atom. The van der Waals surface area contributed by atoms with E-state index in [0.29, 0.717) is 39.0 Å². The number of imide groups is 1. The first-order valence-corrected chi connectivity index (χ1v) is 8.05. The van der Waals surface area contributed by atoms with Crippen LogP contribution in [-0.4, -0.2) is 54.4 Å². The molecule has 4 amide bonds. The predicted octanol–water partition coefficient (Wildman–Crippen LogP) is 0.986. The van der Waals surface area contributed by atoms with Gasteiger partial charge in [-0.15, -0.1) is 0 Å². The van der Waals surface area contributed by atoms with Crippen molar-refractivity contribution >= 4 is 17.8 Å². The van der Waals surface area contributed by atoms with Crippen molar-refractivity contribution in [3.8, 4) is 5.75 Å². The van der Waals surface area contributed by atoms with Gasteiger partial charge in [0.2, 0.25) is 11.8 Å². The van der Waals surface area contributed by atoms with Crippen LogP contribution in [0.25, 0.3) is 0 Å². The second-order valence-electron chi connectivity index (χ2n) is 6.18. The Morgan fingerprint density at radius 1 is 1.17 bits per heavy atom. The fraction of sp³-hybridized carbons (Fsp3) is 0.471. The summed E-state index contributed by atoms with van der Waals surface area (Å²) in [6.45, 7) is 2.03. The molecule has 0 atom stereocenters. The summed E-state index contributed by atoms with van der Waals surface area (Å²) in [5.41, 5.74) is 0.995. The van der Waals surface area contributed by atoms with Crippen LogP contribution in [0.1, 0.15) is 18.4 Å². The number of hydrogen-bond acceptors (Lipinski definition) is 4. The number of rotatable bonds is 5. The van der Waals surface area contributed by atoms with Crippen molar-refractivity contribution in [2.75, 3.05) is 26.7 Å². The molecule has 1 aromatic carbocycles. The van der Waals surface area contributed by atoms with E-state index in [2.05, 4.69) is 5.32 Å². The number of hydrogen-bond donors (Lipinski definition) is 1. The largest absolute Gasteiger partial charge is 0.497 e. The van der Waals surface area contributed by atoms with Gasteiger partial charge in [-0.05, 0) is 17.7 Å². The summed E-state index contributed by atoms with van der Waals surface area (Å²) in [6, 6.07) is 7.39. The Kier molecular flexibility index (Phi) is 4.69. The van der Waals surface area contributed by atoms with Crippen molar-refractivity contribution < 1.29 is 19.1 Å². The fourth-order valence-corrected chi connectivity index (χ4v) is 2.97. The number of benzene rings is 1. The topological polar surface area (TPSA) is 79.0 Å². The second kappa shape index (κ2) is 6.90. The van der Waals surface area contributed by atoms with E-state index in [1.807, 2.05) is 24.3 Å². The molecule has 2 fully saturated rings.